The van der Waals surface area contributed by atoms with Crippen LogP contribution in [0.1, 0.15) is 88.5 Å². The summed E-state index contributed by atoms with van der Waals surface area (Å²) in [4.78, 5) is 44.4. The molecule has 0 atom stereocenters. The molecule has 0 saturated carbocycles. The monoisotopic (exact) mass is 1190 g/mol. The molecule has 0 fully saturated rings. The summed E-state index contributed by atoms with van der Waals surface area (Å²) in [7, 11) is -4.25. The summed E-state index contributed by atoms with van der Waals surface area (Å²) in [6.45, 7) is 7.69. The van der Waals surface area contributed by atoms with Crippen molar-refractivity contribution in [3.63, 3.8) is 0 Å². The van der Waals surface area contributed by atoms with Gasteiger partial charge in [0.25, 0.3) is 0 Å². The number of imidazole rings is 4. The Bertz CT molecular complexity index is 3230. The standard InChI is InChI=1S/2C22H24N4O2.2C2H3N.2CHF3O3S.Fe/c2*1-4-13-28-20(27)14-15(21-23-16-9-5-7-11-18(16)25(21)2)22-24-17-10-6-8-12-19(17)26(22)3;2*1-2-3;2*2-1(3,4)8(5,6)7;/h2*5-12,15H,4,13-14H2,1-3H3;2*1H3;2*(H,5,6,7);/q;;;;;;+2/p-2. The van der Waals surface area contributed by atoms with E-state index in [1.807, 2.05) is 157 Å². The third-order valence-electron chi connectivity index (χ3n) is 10.8. The van der Waals surface area contributed by atoms with Crippen LogP contribution in [0.4, 0.5) is 26.3 Å². The van der Waals surface area contributed by atoms with E-state index in [-0.39, 0.29) is 53.7 Å². The SMILES string of the molecule is CC#N.CC#N.CCCOC(=O)CC(c1nc2ccccc2n1C)c1nc2ccccc2n1C.CCCOC(=O)CC(c1nc2ccccc2n1C)c1nc2ccccc2n1C.O=S(=O)([O-])C(F)(F)F.O=S(=O)([O-])C(F)(F)F.[Fe+2]. The number of aromatic nitrogens is 8. The molecule has 20 nitrogen and oxygen atoms in total. The Kier molecular flexibility index (Phi) is 25.8. The number of fused-ring (bicyclic) bond motifs is 4. The first-order valence-corrected chi connectivity index (χ1v) is 26.0. The van der Waals surface area contributed by atoms with Crippen molar-refractivity contribution in [3.05, 3.63) is 120 Å². The van der Waals surface area contributed by atoms with Crippen LogP contribution in [0, 0.1) is 22.7 Å². The van der Waals surface area contributed by atoms with Crippen molar-refractivity contribution in [2.45, 2.75) is 76.2 Å². The van der Waals surface area contributed by atoms with Gasteiger partial charge in [0, 0.05) is 42.0 Å². The normalized spacial score (nSPS) is 11.2. The van der Waals surface area contributed by atoms with Crippen molar-refractivity contribution in [2.75, 3.05) is 13.2 Å². The molecule has 0 spiro atoms. The van der Waals surface area contributed by atoms with Crippen LogP contribution in [0.15, 0.2) is 97.1 Å². The first-order valence-electron chi connectivity index (χ1n) is 23.2. The van der Waals surface area contributed by atoms with E-state index in [2.05, 4.69) is 0 Å². The Hall–Kier alpha value is -7.40. The molecule has 8 aromatic rings. The van der Waals surface area contributed by atoms with Gasteiger partial charge in [-0.15, -0.1) is 0 Å². The first kappa shape index (κ1) is 67.7. The third-order valence-corrected chi connectivity index (χ3v) is 11.9. The minimum absolute atomic E-state index is 0. The van der Waals surface area contributed by atoms with E-state index in [1.54, 1.807) is 12.1 Å². The van der Waals surface area contributed by atoms with Gasteiger partial charge in [0.15, 0.2) is 20.2 Å². The quantitative estimate of drug-likeness (QED) is 0.0362. The van der Waals surface area contributed by atoms with Gasteiger partial charge in [0.1, 0.15) is 23.3 Å². The Morgan fingerprint density at radius 2 is 0.709 bits per heavy atom. The van der Waals surface area contributed by atoms with Crippen LogP contribution < -0.4 is 0 Å². The van der Waals surface area contributed by atoms with Crippen LogP contribution in [0.25, 0.3) is 44.1 Å². The van der Waals surface area contributed by atoms with Crippen molar-refractivity contribution in [3.8, 4) is 12.1 Å². The molecule has 0 aliphatic carbocycles. The summed E-state index contributed by atoms with van der Waals surface area (Å²) in [5, 5.41) is 14.6. The van der Waals surface area contributed by atoms with Gasteiger partial charge in [0.05, 0.1) is 94.2 Å². The number of ether oxygens (including phenoxy) is 2. The van der Waals surface area contributed by atoms with Crippen molar-refractivity contribution in [1.82, 2.24) is 38.2 Å². The average molecular weight is 1190 g/mol. The zero-order valence-electron chi connectivity index (χ0n) is 43.6. The molecule has 29 heteroatoms. The number of hydrogen-bond donors (Lipinski definition) is 0. The van der Waals surface area contributed by atoms with Crippen LogP contribution in [0.2, 0.25) is 0 Å². The van der Waals surface area contributed by atoms with Gasteiger partial charge < -0.3 is 36.8 Å². The van der Waals surface area contributed by atoms with E-state index < -0.39 is 31.3 Å². The maximum Gasteiger partial charge on any atom is 2.00 e. The molecule has 0 bridgehead atoms. The van der Waals surface area contributed by atoms with Crippen LogP contribution in [-0.4, -0.2) is 100 Å². The van der Waals surface area contributed by atoms with E-state index in [0.717, 1.165) is 80.3 Å². The molecule has 4 aromatic heterocycles. The number of benzene rings is 4. The molecule has 8 rings (SSSR count). The molecule has 0 unspecified atom stereocenters. The molecule has 0 radical (unpaired) electrons. The number of hydrogen-bond acceptors (Lipinski definition) is 16. The predicted molar refractivity (Wildman–Crippen MR) is 272 cm³/mol. The predicted octanol–water partition coefficient (Wildman–Crippen LogP) is 9.03. The zero-order valence-corrected chi connectivity index (χ0v) is 46.4. The molecular weight excluding hydrogens is 1130 g/mol. The second-order valence-electron chi connectivity index (χ2n) is 16.3. The molecule has 0 aliphatic heterocycles. The third kappa shape index (κ3) is 18.3. The summed E-state index contributed by atoms with van der Waals surface area (Å²) in [6.07, 6.45) is 2.01. The minimum Gasteiger partial charge on any atom is -0.741 e. The summed E-state index contributed by atoms with van der Waals surface area (Å²) < 4.78 is 137. The largest absolute Gasteiger partial charge is 2.00 e. The number of nitriles is 2. The molecule has 0 saturated heterocycles. The van der Waals surface area contributed by atoms with Crippen LogP contribution >= 0.6 is 0 Å². The van der Waals surface area contributed by atoms with Crippen molar-refractivity contribution in [1.29, 1.82) is 10.5 Å². The second-order valence-corrected chi connectivity index (χ2v) is 19.0. The summed E-state index contributed by atoms with van der Waals surface area (Å²) in [5.41, 5.74) is -3.54. The van der Waals surface area contributed by atoms with Gasteiger partial charge in [-0.25, -0.2) is 36.8 Å². The number of rotatable bonds is 12. The van der Waals surface area contributed by atoms with Gasteiger partial charge >= 0.3 is 40.0 Å². The number of halogens is 6. The van der Waals surface area contributed by atoms with Crippen molar-refractivity contribution >= 4 is 76.3 Å². The molecule has 79 heavy (non-hydrogen) atoms. The smallest absolute Gasteiger partial charge is 0.741 e. The Morgan fingerprint density at radius 1 is 0.519 bits per heavy atom. The topological polar surface area (TPSA) is 286 Å². The van der Waals surface area contributed by atoms with Gasteiger partial charge in [0.2, 0.25) is 0 Å². The van der Waals surface area contributed by atoms with E-state index in [4.69, 9.17) is 65.9 Å². The number of carbonyl (C=O) groups is 2. The maximum absolute atomic E-state index is 12.5. The molecule has 0 amide bonds. The number of esters is 2. The summed E-state index contributed by atoms with van der Waals surface area (Å²) >= 11 is 0. The van der Waals surface area contributed by atoms with Crippen LogP contribution in [0.3, 0.4) is 0 Å². The Labute approximate surface area is 461 Å². The summed E-state index contributed by atoms with van der Waals surface area (Å²) in [6, 6.07) is 35.4. The summed E-state index contributed by atoms with van der Waals surface area (Å²) in [5.74, 6) is 2.21. The van der Waals surface area contributed by atoms with E-state index >= 15 is 0 Å². The fraction of sp³-hybridized carbons (Fsp3) is 0.360. The van der Waals surface area contributed by atoms with E-state index in [1.165, 1.54) is 13.8 Å². The molecule has 426 valence electrons. The number of carbonyl (C=O) groups excluding carboxylic acids is 2. The Balaban J connectivity index is 0.000000391. The molecular formula is C50H54F6FeN10O10S2. The second kappa shape index (κ2) is 30.1. The van der Waals surface area contributed by atoms with Gasteiger partial charge in [-0.2, -0.15) is 36.9 Å². The van der Waals surface area contributed by atoms with Crippen LogP contribution in [-0.2, 0) is 84.6 Å². The number of alkyl halides is 6. The average Bonchev–Trinajstić information content (AvgIpc) is 4.13. The van der Waals surface area contributed by atoms with Gasteiger partial charge in [-0.05, 0) is 61.4 Å². The number of aryl methyl sites for hydroxylation is 4. The fourth-order valence-corrected chi connectivity index (χ4v) is 7.38. The molecule has 4 heterocycles. The minimum atomic E-state index is -6.09. The molecule has 4 aromatic carbocycles. The zero-order chi connectivity index (χ0) is 58.8. The number of para-hydroxylation sites is 8. The maximum atomic E-state index is 12.5. The molecule has 0 aliphatic rings. The van der Waals surface area contributed by atoms with Crippen molar-refractivity contribution in [2.24, 2.45) is 28.2 Å². The van der Waals surface area contributed by atoms with Crippen molar-refractivity contribution < 1.29 is 88.4 Å². The number of nitrogens with zero attached hydrogens (tertiary/aromatic N) is 10. The van der Waals surface area contributed by atoms with Gasteiger partial charge in [-0.1, -0.05) is 62.4 Å². The van der Waals surface area contributed by atoms with Crippen LogP contribution in [0.5, 0.6) is 0 Å². The first-order chi connectivity index (χ1) is 36.5. The Morgan fingerprint density at radius 3 is 0.873 bits per heavy atom. The van der Waals surface area contributed by atoms with E-state index in [0.29, 0.717) is 13.2 Å². The molecule has 0 N–H and O–H groups in total. The van der Waals surface area contributed by atoms with Gasteiger partial charge in [-0.3, -0.25) is 9.59 Å². The van der Waals surface area contributed by atoms with E-state index in [9.17, 15) is 35.9 Å². The fourth-order valence-electron chi connectivity index (χ4n) is 7.38.